The summed E-state index contributed by atoms with van der Waals surface area (Å²) in [5, 5.41) is 13.2. The lowest BCUT2D eigenvalue weighted by atomic mass is 9.91. The number of hydrogen-bond acceptors (Lipinski definition) is 7. The van der Waals surface area contributed by atoms with Crippen molar-refractivity contribution in [3.05, 3.63) is 47.1 Å². The van der Waals surface area contributed by atoms with E-state index in [1.165, 1.54) is 22.7 Å². The van der Waals surface area contributed by atoms with Gasteiger partial charge in [-0.2, -0.15) is 5.10 Å². The van der Waals surface area contributed by atoms with Crippen LogP contribution in [-0.2, 0) is 19.5 Å². The summed E-state index contributed by atoms with van der Waals surface area (Å²) in [6.07, 6.45) is 7.07. The summed E-state index contributed by atoms with van der Waals surface area (Å²) < 4.78 is 11.9. The molecular weight excluding hydrogens is 384 g/mol. The van der Waals surface area contributed by atoms with Crippen molar-refractivity contribution >= 4 is 11.5 Å². The van der Waals surface area contributed by atoms with Gasteiger partial charge in [0.1, 0.15) is 4.88 Å². The first-order valence-corrected chi connectivity index (χ1v) is 11.0. The number of nitrogens with zero attached hydrogens (tertiary/aromatic N) is 6. The third-order valence-electron chi connectivity index (χ3n) is 5.79. The van der Waals surface area contributed by atoms with Crippen LogP contribution in [0.25, 0.3) is 10.6 Å². The lowest BCUT2D eigenvalue weighted by Gasteiger charge is -2.31. The largest absolute Gasteiger partial charge is 0.355 e. The van der Waals surface area contributed by atoms with E-state index >= 15 is 0 Å². The van der Waals surface area contributed by atoms with E-state index in [1.807, 2.05) is 17.7 Å². The molecule has 0 unspecified atom stereocenters. The second kappa shape index (κ2) is 8.59. The highest BCUT2D eigenvalue weighted by Gasteiger charge is 2.29. The van der Waals surface area contributed by atoms with Crippen molar-refractivity contribution < 1.29 is 4.52 Å². The SMILES string of the molecule is C=CCn1cc(CN2CCC(c3nnsc3-c3onc(C)c3CC)CC2)c(C)n1. The lowest BCUT2D eigenvalue weighted by Crippen LogP contribution is -2.32. The van der Waals surface area contributed by atoms with E-state index in [0.717, 1.165) is 73.2 Å². The van der Waals surface area contributed by atoms with Crippen molar-refractivity contribution in [3.63, 3.8) is 0 Å². The number of rotatable bonds is 7. The first-order valence-electron chi connectivity index (χ1n) is 10.2. The minimum Gasteiger partial charge on any atom is -0.355 e. The van der Waals surface area contributed by atoms with Crippen LogP contribution in [0.1, 0.15) is 53.9 Å². The van der Waals surface area contributed by atoms with Gasteiger partial charge in [0.2, 0.25) is 0 Å². The van der Waals surface area contributed by atoms with E-state index in [4.69, 9.17) is 4.52 Å². The van der Waals surface area contributed by atoms with E-state index in [9.17, 15) is 0 Å². The second-order valence-electron chi connectivity index (χ2n) is 7.72. The van der Waals surface area contributed by atoms with Crippen LogP contribution in [0.3, 0.4) is 0 Å². The number of aromatic nitrogens is 5. The summed E-state index contributed by atoms with van der Waals surface area (Å²) in [5.41, 5.74) is 5.61. The van der Waals surface area contributed by atoms with Gasteiger partial charge < -0.3 is 4.52 Å². The molecule has 154 valence electrons. The molecule has 1 aliphatic heterocycles. The van der Waals surface area contributed by atoms with Crippen molar-refractivity contribution in [1.82, 2.24) is 29.4 Å². The van der Waals surface area contributed by atoms with Gasteiger partial charge in [0, 0.05) is 29.8 Å². The summed E-state index contributed by atoms with van der Waals surface area (Å²) >= 11 is 1.42. The fraction of sp³-hybridized carbons (Fsp3) is 0.524. The maximum Gasteiger partial charge on any atom is 0.183 e. The smallest absolute Gasteiger partial charge is 0.183 e. The molecule has 1 fully saturated rings. The Labute approximate surface area is 175 Å². The van der Waals surface area contributed by atoms with Gasteiger partial charge >= 0.3 is 0 Å². The topological polar surface area (TPSA) is 72.9 Å². The third-order valence-corrected chi connectivity index (χ3v) is 6.53. The van der Waals surface area contributed by atoms with Crippen LogP contribution in [0, 0.1) is 13.8 Å². The summed E-state index contributed by atoms with van der Waals surface area (Å²) in [4.78, 5) is 3.57. The third kappa shape index (κ3) is 4.04. The standard InChI is InChI=1S/C21H28N6OS/c1-5-9-27-13-17(14(3)23-27)12-26-10-7-16(8-11-26)19-21(29-25-22-19)20-18(6-2)15(4)24-28-20/h5,13,16H,1,6-12H2,2-4H3. The Hall–Kier alpha value is -2.32. The van der Waals surface area contributed by atoms with E-state index in [-0.39, 0.29) is 0 Å². The zero-order valence-corrected chi connectivity index (χ0v) is 18.2. The molecule has 3 aromatic heterocycles. The zero-order chi connectivity index (χ0) is 20.4. The average Bonchev–Trinajstić information content (AvgIpc) is 3.42. The molecule has 7 nitrogen and oxygen atoms in total. The predicted molar refractivity (Wildman–Crippen MR) is 114 cm³/mol. The van der Waals surface area contributed by atoms with Crippen molar-refractivity contribution in [1.29, 1.82) is 0 Å². The molecule has 0 spiro atoms. The van der Waals surface area contributed by atoms with Gasteiger partial charge in [0.05, 0.1) is 23.6 Å². The van der Waals surface area contributed by atoms with Gasteiger partial charge in [-0.05, 0) is 57.7 Å². The molecule has 0 aliphatic carbocycles. The molecule has 3 aromatic rings. The Morgan fingerprint density at radius 3 is 2.79 bits per heavy atom. The van der Waals surface area contributed by atoms with E-state index < -0.39 is 0 Å². The second-order valence-corrected chi connectivity index (χ2v) is 8.47. The van der Waals surface area contributed by atoms with E-state index in [1.54, 1.807) is 0 Å². The molecule has 29 heavy (non-hydrogen) atoms. The van der Waals surface area contributed by atoms with Gasteiger partial charge in [-0.3, -0.25) is 9.58 Å². The monoisotopic (exact) mass is 412 g/mol. The molecule has 0 saturated carbocycles. The van der Waals surface area contributed by atoms with Crippen LogP contribution in [0.4, 0.5) is 0 Å². The fourth-order valence-corrected chi connectivity index (χ4v) is 4.91. The Kier molecular flexibility index (Phi) is 5.91. The van der Waals surface area contributed by atoms with Crippen LogP contribution in [0.15, 0.2) is 23.4 Å². The predicted octanol–water partition coefficient (Wildman–Crippen LogP) is 4.13. The van der Waals surface area contributed by atoms with Gasteiger partial charge in [-0.1, -0.05) is 22.6 Å². The molecule has 4 rings (SSSR count). The molecule has 1 aliphatic rings. The highest BCUT2D eigenvalue weighted by molar-refractivity contribution is 7.09. The molecule has 4 heterocycles. The minimum absolute atomic E-state index is 0.416. The maximum atomic E-state index is 5.65. The van der Waals surface area contributed by atoms with Crippen LogP contribution in [-0.4, -0.2) is 42.5 Å². The number of piperidine rings is 1. The summed E-state index contributed by atoms with van der Waals surface area (Å²) in [7, 11) is 0. The zero-order valence-electron chi connectivity index (χ0n) is 17.4. The number of hydrogen-bond donors (Lipinski definition) is 0. The summed E-state index contributed by atoms with van der Waals surface area (Å²) in [6, 6.07) is 0. The van der Waals surface area contributed by atoms with Crippen LogP contribution in [0.5, 0.6) is 0 Å². The van der Waals surface area contributed by atoms with Crippen LogP contribution < -0.4 is 0 Å². The van der Waals surface area contributed by atoms with Crippen molar-refractivity contribution in [2.75, 3.05) is 13.1 Å². The molecule has 0 amide bonds. The van der Waals surface area contributed by atoms with Crippen LogP contribution in [0.2, 0.25) is 0 Å². The molecule has 0 bridgehead atoms. The number of aryl methyl sites for hydroxylation is 2. The highest BCUT2D eigenvalue weighted by atomic mass is 32.1. The molecular formula is C21H28N6OS. The Balaban J connectivity index is 1.43. The molecule has 0 aromatic carbocycles. The Morgan fingerprint density at radius 2 is 2.07 bits per heavy atom. The number of allylic oxidation sites excluding steroid dienone is 1. The molecule has 0 radical (unpaired) electrons. The Bertz CT molecular complexity index is 979. The summed E-state index contributed by atoms with van der Waals surface area (Å²) in [5.74, 6) is 1.28. The highest BCUT2D eigenvalue weighted by Crippen LogP contribution is 2.38. The normalized spacial score (nSPS) is 15.8. The van der Waals surface area contributed by atoms with Crippen molar-refractivity contribution in [2.45, 2.75) is 59.0 Å². The average molecular weight is 413 g/mol. The first kappa shape index (κ1) is 20.0. The van der Waals surface area contributed by atoms with Crippen LogP contribution >= 0.6 is 11.5 Å². The number of likely N-dealkylation sites (tertiary alicyclic amines) is 1. The van der Waals surface area contributed by atoms with Crippen molar-refractivity contribution in [3.8, 4) is 10.6 Å². The molecule has 0 N–H and O–H groups in total. The van der Waals surface area contributed by atoms with Gasteiger partial charge in [-0.15, -0.1) is 11.7 Å². The molecule has 1 saturated heterocycles. The Morgan fingerprint density at radius 1 is 1.28 bits per heavy atom. The van der Waals surface area contributed by atoms with Gasteiger partial charge in [0.25, 0.3) is 0 Å². The van der Waals surface area contributed by atoms with Gasteiger partial charge in [-0.25, -0.2) is 0 Å². The minimum atomic E-state index is 0.416. The lowest BCUT2D eigenvalue weighted by molar-refractivity contribution is 0.203. The van der Waals surface area contributed by atoms with Crippen molar-refractivity contribution in [2.24, 2.45) is 0 Å². The molecule has 8 heteroatoms. The first-order chi connectivity index (χ1) is 14.1. The fourth-order valence-electron chi connectivity index (χ4n) is 4.15. The molecule has 0 atom stereocenters. The van der Waals surface area contributed by atoms with E-state index in [0.29, 0.717) is 5.92 Å². The van der Waals surface area contributed by atoms with E-state index in [2.05, 4.69) is 51.4 Å². The maximum absolute atomic E-state index is 5.65. The quantitative estimate of drug-likeness (QED) is 0.543. The van der Waals surface area contributed by atoms with Gasteiger partial charge in [0.15, 0.2) is 5.76 Å². The summed E-state index contributed by atoms with van der Waals surface area (Å²) in [6.45, 7) is 13.8.